The molecule has 2 heterocycles. The molecule has 0 bridgehead atoms. The second-order valence-corrected chi connectivity index (χ2v) is 4.64. The third-order valence-electron chi connectivity index (χ3n) is 2.81. The van der Waals surface area contributed by atoms with Crippen LogP contribution in [0.1, 0.15) is 44.2 Å². The number of nitrogens with zero attached hydrogens (tertiary/aromatic N) is 3. The van der Waals surface area contributed by atoms with Gasteiger partial charge in [0.05, 0.1) is 0 Å². The van der Waals surface area contributed by atoms with Gasteiger partial charge < -0.3 is 9.63 Å². The zero-order chi connectivity index (χ0) is 14.0. The van der Waals surface area contributed by atoms with Gasteiger partial charge in [-0.3, -0.25) is 9.78 Å². The second kappa shape index (κ2) is 5.17. The van der Waals surface area contributed by atoms with Crippen LogP contribution >= 0.6 is 0 Å². The molecule has 0 fully saturated rings. The van der Waals surface area contributed by atoms with Crippen molar-refractivity contribution >= 4 is 5.97 Å². The minimum atomic E-state index is -0.993. The first-order chi connectivity index (χ1) is 8.99. The fourth-order valence-electron chi connectivity index (χ4n) is 1.54. The van der Waals surface area contributed by atoms with E-state index in [9.17, 15) is 4.79 Å². The van der Waals surface area contributed by atoms with Crippen molar-refractivity contribution in [3.05, 3.63) is 29.9 Å². The number of hydrogen-bond donors (Lipinski definition) is 1. The zero-order valence-electron chi connectivity index (χ0n) is 11.0. The molecule has 100 valence electrons. The van der Waals surface area contributed by atoms with Crippen LogP contribution in [0.5, 0.6) is 0 Å². The van der Waals surface area contributed by atoms with Crippen LogP contribution in [-0.2, 0) is 4.79 Å². The van der Waals surface area contributed by atoms with Gasteiger partial charge in [-0.15, -0.1) is 0 Å². The van der Waals surface area contributed by atoms with E-state index in [0.717, 1.165) is 11.3 Å². The molecule has 0 aliphatic carbocycles. The van der Waals surface area contributed by atoms with Gasteiger partial charge in [0, 0.05) is 17.5 Å². The lowest BCUT2D eigenvalue weighted by Gasteiger charge is -2.04. The molecule has 1 N–H and O–H groups in total. The van der Waals surface area contributed by atoms with Crippen molar-refractivity contribution < 1.29 is 14.4 Å². The number of rotatable bonds is 4. The molecule has 0 saturated carbocycles. The SMILES string of the molecule is CC(C)c1cc(-c2noc(C(C)C(=O)O)n2)ccn1. The second-order valence-electron chi connectivity index (χ2n) is 4.64. The van der Waals surface area contributed by atoms with Crippen molar-refractivity contribution in [3.8, 4) is 11.4 Å². The van der Waals surface area contributed by atoms with Gasteiger partial charge in [0.1, 0.15) is 5.92 Å². The molecule has 19 heavy (non-hydrogen) atoms. The molecule has 2 aromatic heterocycles. The summed E-state index contributed by atoms with van der Waals surface area (Å²) in [7, 11) is 0. The third-order valence-corrected chi connectivity index (χ3v) is 2.81. The van der Waals surface area contributed by atoms with Gasteiger partial charge in [-0.05, 0) is 25.0 Å². The van der Waals surface area contributed by atoms with E-state index < -0.39 is 11.9 Å². The van der Waals surface area contributed by atoms with Crippen LogP contribution in [0.25, 0.3) is 11.4 Å². The maximum Gasteiger partial charge on any atom is 0.315 e. The van der Waals surface area contributed by atoms with Gasteiger partial charge in [-0.25, -0.2) is 0 Å². The van der Waals surface area contributed by atoms with Gasteiger partial charge in [-0.2, -0.15) is 4.98 Å². The molecule has 0 aliphatic heterocycles. The molecule has 2 rings (SSSR count). The van der Waals surface area contributed by atoms with Crippen LogP contribution in [0.4, 0.5) is 0 Å². The van der Waals surface area contributed by atoms with Crippen LogP contribution < -0.4 is 0 Å². The molecule has 0 aliphatic rings. The van der Waals surface area contributed by atoms with E-state index in [-0.39, 0.29) is 5.89 Å². The summed E-state index contributed by atoms with van der Waals surface area (Å²) < 4.78 is 4.98. The molecule has 2 aromatic rings. The fourth-order valence-corrected chi connectivity index (χ4v) is 1.54. The highest BCUT2D eigenvalue weighted by Gasteiger charge is 2.21. The first-order valence-corrected chi connectivity index (χ1v) is 6.01. The van der Waals surface area contributed by atoms with Crippen molar-refractivity contribution in [1.82, 2.24) is 15.1 Å². The zero-order valence-corrected chi connectivity index (χ0v) is 11.0. The topological polar surface area (TPSA) is 89.1 Å². The number of aliphatic carboxylic acids is 1. The van der Waals surface area contributed by atoms with Crippen molar-refractivity contribution in [3.63, 3.8) is 0 Å². The van der Waals surface area contributed by atoms with E-state index in [4.69, 9.17) is 9.63 Å². The van der Waals surface area contributed by atoms with Crippen molar-refractivity contribution in [2.75, 3.05) is 0 Å². The number of carbonyl (C=O) groups is 1. The largest absolute Gasteiger partial charge is 0.481 e. The van der Waals surface area contributed by atoms with Crippen molar-refractivity contribution in [2.24, 2.45) is 0 Å². The number of hydrogen-bond acceptors (Lipinski definition) is 5. The van der Waals surface area contributed by atoms with Gasteiger partial charge in [0.2, 0.25) is 11.7 Å². The average molecular weight is 261 g/mol. The molecule has 6 heteroatoms. The molecular weight excluding hydrogens is 246 g/mol. The Balaban J connectivity index is 2.32. The monoisotopic (exact) mass is 261 g/mol. The van der Waals surface area contributed by atoms with E-state index in [2.05, 4.69) is 15.1 Å². The lowest BCUT2D eigenvalue weighted by Crippen LogP contribution is -2.07. The first-order valence-electron chi connectivity index (χ1n) is 6.01. The summed E-state index contributed by atoms with van der Waals surface area (Å²) in [5.41, 5.74) is 1.70. The minimum Gasteiger partial charge on any atom is -0.481 e. The lowest BCUT2D eigenvalue weighted by atomic mass is 10.1. The highest BCUT2D eigenvalue weighted by molar-refractivity contribution is 5.74. The third kappa shape index (κ3) is 2.78. The Bertz CT molecular complexity index is 592. The van der Waals surface area contributed by atoms with E-state index in [1.165, 1.54) is 6.92 Å². The highest BCUT2D eigenvalue weighted by Crippen LogP contribution is 2.22. The predicted molar refractivity (Wildman–Crippen MR) is 67.7 cm³/mol. The summed E-state index contributed by atoms with van der Waals surface area (Å²) in [4.78, 5) is 19.2. The fraction of sp³-hybridized carbons (Fsp3) is 0.385. The van der Waals surface area contributed by atoms with E-state index in [0.29, 0.717) is 11.7 Å². The normalized spacial score (nSPS) is 12.6. The Kier molecular flexibility index (Phi) is 3.59. The summed E-state index contributed by atoms with van der Waals surface area (Å²) in [5.74, 6) is -1.03. The van der Waals surface area contributed by atoms with Gasteiger partial charge >= 0.3 is 5.97 Å². The number of carboxylic acids is 1. The predicted octanol–water partition coefficient (Wildman–Crippen LogP) is 2.44. The Morgan fingerprint density at radius 1 is 1.37 bits per heavy atom. The van der Waals surface area contributed by atoms with Crippen LogP contribution in [0.15, 0.2) is 22.9 Å². The Hall–Kier alpha value is -2.24. The molecule has 1 unspecified atom stereocenters. The molecule has 1 atom stereocenters. The van der Waals surface area contributed by atoms with Crippen LogP contribution in [0.3, 0.4) is 0 Å². The van der Waals surface area contributed by atoms with Crippen molar-refractivity contribution in [1.29, 1.82) is 0 Å². The van der Waals surface area contributed by atoms with Crippen LogP contribution in [-0.4, -0.2) is 26.2 Å². The average Bonchev–Trinajstić information content (AvgIpc) is 2.87. The Morgan fingerprint density at radius 3 is 2.74 bits per heavy atom. The summed E-state index contributed by atoms with van der Waals surface area (Å²) >= 11 is 0. The maximum absolute atomic E-state index is 10.9. The van der Waals surface area contributed by atoms with Gasteiger partial charge in [-0.1, -0.05) is 19.0 Å². The first kappa shape index (κ1) is 13.2. The Morgan fingerprint density at radius 2 is 2.11 bits per heavy atom. The Labute approximate surface area is 110 Å². The molecule has 0 saturated heterocycles. The maximum atomic E-state index is 10.9. The van der Waals surface area contributed by atoms with Crippen LogP contribution in [0, 0.1) is 0 Å². The van der Waals surface area contributed by atoms with Crippen molar-refractivity contribution in [2.45, 2.75) is 32.6 Å². The molecule has 0 aromatic carbocycles. The number of pyridine rings is 1. The number of carboxylic acid groups (broad SMARTS) is 1. The smallest absolute Gasteiger partial charge is 0.315 e. The van der Waals surface area contributed by atoms with Gasteiger partial charge in [0.25, 0.3) is 0 Å². The van der Waals surface area contributed by atoms with Crippen LogP contribution in [0.2, 0.25) is 0 Å². The van der Waals surface area contributed by atoms with E-state index in [1.54, 1.807) is 12.3 Å². The molecule has 0 amide bonds. The summed E-state index contributed by atoms with van der Waals surface area (Å²) in [6, 6.07) is 3.65. The molecule has 0 radical (unpaired) electrons. The summed E-state index contributed by atoms with van der Waals surface area (Å²) in [6.07, 6.45) is 1.68. The molecule has 0 spiro atoms. The highest BCUT2D eigenvalue weighted by atomic mass is 16.5. The summed E-state index contributed by atoms with van der Waals surface area (Å²) in [5, 5.41) is 12.7. The molecule has 6 nitrogen and oxygen atoms in total. The lowest BCUT2D eigenvalue weighted by molar-refractivity contribution is -0.138. The van der Waals surface area contributed by atoms with E-state index >= 15 is 0 Å². The van der Waals surface area contributed by atoms with E-state index in [1.807, 2.05) is 19.9 Å². The minimum absolute atomic E-state index is 0.102. The summed E-state index contributed by atoms with van der Waals surface area (Å²) in [6.45, 7) is 5.59. The number of aromatic nitrogens is 3. The quantitative estimate of drug-likeness (QED) is 0.909. The standard InChI is InChI=1S/C13H15N3O3/c1-7(2)10-6-9(4-5-14-10)11-15-12(19-16-11)8(3)13(17)18/h4-8H,1-3H3,(H,17,18). The van der Waals surface area contributed by atoms with Gasteiger partial charge in [0.15, 0.2) is 0 Å². The molecular formula is C13H15N3O3.